The lowest BCUT2D eigenvalue weighted by atomic mass is 10.1. The number of hydrogen-bond donors (Lipinski definition) is 1. The maximum atomic E-state index is 9.65. The predicted octanol–water partition coefficient (Wildman–Crippen LogP) is 2.58. The van der Waals surface area contributed by atoms with Crippen LogP contribution in [0.1, 0.15) is 45.4 Å². The smallest absolute Gasteiger partial charge is 0.222 e. The van der Waals surface area contributed by atoms with Crippen molar-refractivity contribution in [2.24, 2.45) is 4.99 Å². The van der Waals surface area contributed by atoms with E-state index < -0.39 is 0 Å². The first kappa shape index (κ1) is 15.2. The van der Waals surface area contributed by atoms with E-state index in [2.05, 4.69) is 11.9 Å². The van der Waals surface area contributed by atoms with E-state index in [1.807, 2.05) is 0 Å². The summed E-state index contributed by atoms with van der Waals surface area (Å²) in [6.45, 7) is 2.87. The molecule has 0 atom stereocenters. The maximum absolute atomic E-state index is 9.65. The number of rotatable bonds is 7. The number of unbranched alkanes of at least 4 members (excludes halogenated alkanes) is 5. The summed E-state index contributed by atoms with van der Waals surface area (Å²) in [7, 11) is 0. The Balaban J connectivity index is 0. The standard InChI is InChI=1S/C9H17NO.CHNO/c1-2-3-4-5-6-7-8-10-9-11;2-1-3/h2-8H2,1H3;2H. The van der Waals surface area contributed by atoms with Gasteiger partial charge in [0.15, 0.2) is 0 Å². The number of hydrogen-bond acceptors (Lipinski definition) is 4. The van der Waals surface area contributed by atoms with Gasteiger partial charge in [0.05, 0.1) is 6.54 Å². The van der Waals surface area contributed by atoms with Gasteiger partial charge in [-0.15, -0.1) is 0 Å². The first-order valence-corrected chi connectivity index (χ1v) is 4.91. The topological polar surface area (TPSA) is 70.3 Å². The summed E-state index contributed by atoms with van der Waals surface area (Å²) < 4.78 is 0. The normalized spacial score (nSPS) is 7.79. The van der Waals surface area contributed by atoms with E-state index in [0.717, 1.165) is 12.5 Å². The van der Waals surface area contributed by atoms with Crippen molar-refractivity contribution >= 4 is 12.2 Å². The summed E-state index contributed by atoms with van der Waals surface area (Å²) >= 11 is 0. The second-order valence-electron chi connectivity index (χ2n) is 2.84. The Labute approximate surface area is 84.9 Å². The highest BCUT2D eigenvalue weighted by Crippen LogP contribution is 2.04. The van der Waals surface area contributed by atoms with Gasteiger partial charge in [-0.1, -0.05) is 39.0 Å². The zero-order valence-electron chi connectivity index (χ0n) is 8.71. The van der Waals surface area contributed by atoms with Crippen LogP contribution < -0.4 is 0 Å². The van der Waals surface area contributed by atoms with Gasteiger partial charge in [-0.25, -0.2) is 20.0 Å². The van der Waals surface area contributed by atoms with Gasteiger partial charge in [0.1, 0.15) is 0 Å². The molecular formula is C10H18N2O2. The molecule has 0 aromatic carbocycles. The lowest BCUT2D eigenvalue weighted by Gasteiger charge is -1.95. The molecule has 0 amide bonds. The molecule has 0 saturated heterocycles. The van der Waals surface area contributed by atoms with E-state index in [1.165, 1.54) is 32.1 Å². The van der Waals surface area contributed by atoms with Crippen molar-refractivity contribution in [3.63, 3.8) is 0 Å². The van der Waals surface area contributed by atoms with E-state index in [4.69, 9.17) is 10.2 Å². The summed E-state index contributed by atoms with van der Waals surface area (Å²) in [4.78, 5) is 21.5. The van der Waals surface area contributed by atoms with Crippen LogP contribution in [0.3, 0.4) is 0 Å². The molecule has 0 saturated carbocycles. The van der Waals surface area contributed by atoms with Gasteiger partial charge >= 0.3 is 0 Å². The first-order valence-electron chi connectivity index (χ1n) is 4.91. The minimum atomic E-state index is 0.662. The van der Waals surface area contributed by atoms with E-state index >= 15 is 0 Å². The van der Waals surface area contributed by atoms with Crippen molar-refractivity contribution in [2.45, 2.75) is 45.4 Å². The van der Waals surface area contributed by atoms with Crippen molar-refractivity contribution in [3.05, 3.63) is 0 Å². The zero-order chi connectivity index (χ0) is 11.1. The molecule has 0 aliphatic carbocycles. The van der Waals surface area contributed by atoms with Crippen LogP contribution in [0.15, 0.2) is 4.99 Å². The zero-order valence-corrected chi connectivity index (χ0v) is 8.71. The Morgan fingerprint density at radius 3 is 2.07 bits per heavy atom. The van der Waals surface area contributed by atoms with Gasteiger partial charge in [0.2, 0.25) is 12.2 Å². The molecule has 14 heavy (non-hydrogen) atoms. The van der Waals surface area contributed by atoms with Crippen LogP contribution in [0.5, 0.6) is 0 Å². The molecule has 0 aliphatic rings. The van der Waals surface area contributed by atoms with Gasteiger partial charge in [-0.3, -0.25) is 0 Å². The Bertz CT molecular complexity index is 181. The molecule has 80 valence electrons. The third kappa shape index (κ3) is 22.4. The van der Waals surface area contributed by atoms with Crippen molar-refractivity contribution in [2.75, 3.05) is 6.54 Å². The van der Waals surface area contributed by atoms with Crippen LogP contribution in [0.25, 0.3) is 0 Å². The minimum absolute atomic E-state index is 0.662. The summed E-state index contributed by atoms with van der Waals surface area (Å²) in [5.41, 5.74) is 0. The molecule has 0 aliphatic heterocycles. The third-order valence-electron chi connectivity index (χ3n) is 1.69. The Hall–Kier alpha value is -1.24. The van der Waals surface area contributed by atoms with Crippen molar-refractivity contribution in [1.82, 2.24) is 0 Å². The highest BCUT2D eigenvalue weighted by molar-refractivity contribution is 5.32. The van der Waals surface area contributed by atoms with Gasteiger partial charge < -0.3 is 0 Å². The summed E-state index contributed by atoms with van der Waals surface area (Å²) in [5, 5.41) is 5.40. The summed E-state index contributed by atoms with van der Waals surface area (Å²) in [5.74, 6) is 0. The highest BCUT2D eigenvalue weighted by atomic mass is 16.1. The quantitative estimate of drug-likeness (QED) is 0.388. The molecule has 0 bridgehead atoms. The van der Waals surface area contributed by atoms with Gasteiger partial charge in [-0.2, -0.15) is 0 Å². The van der Waals surface area contributed by atoms with E-state index in [-0.39, 0.29) is 0 Å². The molecule has 4 heteroatoms. The Morgan fingerprint density at radius 1 is 1.07 bits per heavy atom. The Kier molecular flexibility index (Phi) is 19.3. The second-order valence-corrected chi connectivity index (χ2v) is 2.84. The van der Waals surface area contributed by atoms with Crippen molar-refractivity contribution < 1.29 is 9.59 Å². The molecule has 1 N–H and O–H groups in total. The first-order chi connectivity index (χ1) is 6.83. The third-order valence-corrected chi connectivity index (χ3v) is 1.69. The van der Waals surface area contributed by atoms with Crippen LogP contribution in [0.2, 0.25) is 0 Å². The molecule has 0 aromatic heterocycles. The summed E-state index contributed by atoms with van der Waals surface area (Å²) in [6, 6.07) is 0. The molecular weight excluding hydrogens is 180 g/mol. The SMILES string of the molecule is CCCCCCCCN=C=O.N=C=O. The number of carbonyl (C=O) groups excluding carboxylic acids is 2. The van der Waals surface area contributed by atoms with Gasteiger partial charge in [0, 0.05) is 0 Å². The molecule has 0 heterocycles. The number of isocyanates is 2. The second kappa shape index (κ2) is 17.7. The van der Waals surface area contributed by atoms with Crippen molar-refractivity contribution in [1.29, 1.82) is 5.41 Å². The molecule has 4 nitrogen and oxygen atoms in total. The van der Waals surface area contributed by atoms with Crippen LogP contribution in [0, 0.1) is 5.41 Å². The average Bonchev–Trinajstić information content (AvgIpc) is 2.18. The minimum Gasteiger partial charge on any atom is -0.222 e. The molecule has 0 rings (SSSR count). The molecule has 0 unspecified atom stereocenters. The van der Waals surface area contributed by atoms with Gasteiger partial charge in [-0.05, 0) is 6.42 Å². The molecule has 0 spiro atoms. The predicted molar refractivity (Wildman–Crippen MR) is 54.8 cm³/mol. The average molecular weight is 198 g/mol. The molecule has 0 fully saturated rings. The van der Waals surface area contributed by atoms with Crippen LogP contribution >= 0.6 is 0 Å². The fourth-order valence-electron chi connectivity index (χ4n) is 1.02. The number of aliphatic imine (C=N–C) groups is 1. The van der Waals surface area contributed by atoms with E-state index in [1.54, 1.807) is 6.08 Å². The van der Waals surface area contributed by atoms with Crippen LogP contribution in [0.4, 0.5) is 0 Å². The fourth-order valence-corrected chi connectivity index (χ4v) is 1.02. The summed E-state index contributed by atoms with van der Waals surface area (Å²) in [6.07, 6.45) is 9.75. The number of nitrogens with one attached hydrogen (secondary N) is 1. The van der Waals surface area contributed by atoms with E-state index in [0.29, 0.717) is 6.54 Å². The lowest BCUT2D eigenvalue weighted by molar-refractivity contribution is 0.560. The van der Waals surface area contributed by atoms with Crippen LogP contribution in [-0.2, 0) is 9.59 Å². The fraction of sp³-hybridized carbons (Fsp3) is 0.800. The van der Waals surface area contributed by atoms with Crippen molar-refractivity contribution in [3.8, 4) is 0 Å². The Morgan fingerprint density at radius 2 is 1.57 bits per heavy atom. The molecule has 0 aromatic rings. The molecule has 0 radical (unpaired) electrons. The lowest BCUT2D eigenvalue weighted by Crippen LogP contribution is -1.81. The largest absolute Gasteiger partial charge is 0.234 e. The van der Waals surface area contributed by atoms with E-state index in [9.17, 15) is 4.79 Å². The van der Waals surface area contributed by atoms with Crippen LogP contribution in [-0.4, -0.2) is 18.7 Å². The maximum Gasteiger partial charge on any atom is 0.234 e. The van der Waals surface area contributed by atoms with Gasteiger partial charge in [0.25, 0.3) is 0 Å². The number of nitrogens with zero attached hydrogens (tertiary/aromatic N) is 1. The monoisotopic (exact) mass is 198 g/mol. The highest BCUT2D eigenvalue weighted by Gasteiger charge is 1.87.